The number of ether oxygens (including phenoxy) is 3. The van der Waals surface area contributed by atoms with Crippen LogP contribution in [0.2, 0.25) is 5.02 Å². The Hall–Kier alpha value is -2.46. The molecule has 2 aromatic rings. The monoisotopic (exact) mass is 446 g/mol. The van der Waals surface area contributed by atoms with Crippen LogP contribution in [-0.4, -0.2) is 20.0 Å². The molecule has 2 rings (SSSR count). The minimum Gasteiger partial charge on any atom is -0.496 e. The Bertz CT molecular complexity index is 818. The highest BCUT2D eigenvalue weighted by Crippen LogP contribution is 2.30. The fourth-order valence-electron chi connectivity index (χ4n) is 2.99. The first-order valence-corrected chi connectivity index (χ1v) is 11.0. The molecule has 0 aliphatic rings. The predicted octanol–water partition coefficient (Wildman–Crippen LogP) is 7.66. The van der Waals surface area contributed by atoms with Gasteiger partial charge in [0, 0.05) is 6.42 Å². The van der Waals surface area contributed by atoms with Gasteiger partial charge in [0.2, 0.25) is 0 Å². The van der Waals surface area contributed by atoms with Gasteiger partial charge in [0.15, 0.2) is 5.78 Å². The van der Waals surface area contributed by atoms with E-state index >= 15 is 0 Å². The van der Waals surface area contributed by atoms with Crippen molar-refractivity contribution in [2.75, 3.05) is 14.2 Å². The highest BCUT2D eigenvalue weighted by molar-refractivity contribution is 6.32. The van der Waals surface area contributed by atoms with E-state index in [1.807, 2.05) is 25.1 Å². The Morgan fingerprint density at radius 2 is 1.68 bits per heavy atom. The second-order valence-electron chi connectivity index (χ2n) is 7.56. The molecule has 0 aliphatic carbocycles. The van der Waals surface area contributed by atoms with E-state index in [0.717, 1.165) is 24.8 Å². The number of carbonyl (C=O) groups excluding carboxylic acids is 1. The first-order chi connectivity index (χ1) is 14.7. The van der Waals surface area contributed by atoms with Crippen LogP contribution < -0.4 is 14.2 Å². The summed E-state index contributed by atoms with van der Waals surface area (Å²) in [7, 11) is 3.15. The lowest BCUT2D eigenvalue weighted by molar-refractivity contribution is 0.0971. The predicted molar refractivity (Wildman–Crippen MR) is 129 cm³/mol. The number of para-hydroxylation sites is 1. The van der Waals surface area contributed by atoms with Crippen LogP contribution in [0.15, 0.2) is 48.7 Å². The molecule has 0 saturated heterocycles. The van der Waals surface area contributed by atoms with Crippen molar-refractivity contribution in [3.8, 4) is 17.2 Å². The summed E-state index contributed by atoms with van der Waals surface area (Å²) in [6, 6.07) is 11.1. The minimum absolute atomic E-state index is 0.0950. The van der Waals surface area contributed by atoms with E-state index in [1.165, 1.54) is 0 Å². The summed E-state index contributed by atoms with van der Waals surface area (Å²) < 4.78 is 15.9. The smallest absolute Gasteiger partial charge is 0.170 e. The molecular weight excluding hydrogens is 412 g/mol. The number of allylic oxidation sites excluding steroid dienone is 1. The molecule has 5 heteroatoms. The zero-order chi connectivity index (χ0) is 23.4. The van der Waals surface area contributed by atoms with Crippen LogP contribution >= 0.6 is 11.6 Å². The van der Waals surface area contributed by atoms with Gasteiger partial charge in [0.1, 0.15) is 22.8 Å². The van der Waals surface area contributed by atoms with Crippen molar-refractivity contribution in [1.82, 2.24) is 0 Å². The molecule has 0 aromatic heterocycles. The van der Waals surface area contributed by atoms with Crippen molar-refractivity contribution in [2.45, 2.75) is 53.4 Å². The fourth-order valence-corrected chi connectivity index (χ4v) is 3.25. The SMILES string of the molecule is C=C(C)Oc1c(C)cccc1Cl.CCC(C)CCCC(=O)c1c(OC)cccc1OC. The highest BCUT2D eigenvalue weighted by Gasteiger charge is 2.17. The third kappa shape index (κ3) is 8.66. The number of hydrogen-bond donors (Lipinski definition) is 0. The zero-order valence-electron chi connectivity index (χ0n) is 19.6. The lowest BCUT2D eigenvalue weighted by Crippen LogP contribution is -2.06. The van der Waals surface area contributed by atoms with Gasteiger partial charge in [-0.1, -0.05) is 63.1 Å². The normalized spacial score (nSPS) is 11.1. The molecular formula is C26H35ClO4. The number of aryl methyl sites for hydroxylation is 1. The average Bonchev–Trinajstić information content (AvgIpc) is 2.75. The lowest BCUT2D eigenvalue weighted by atomic mass is 9.98. The average molecular weight is 447 g/mol. The molecule has 1 unspecified atom stereocenters. The number of rotatable bonds is 10. The van der Waals surface area contributed by atoms with Crippen molar-refractivity contribution in [1.29, 1.82) is 0 Å². The Morgan fingerprint density at radius 1 is 1.10 bits per heavy atom. The zero-order valence-corrected chi connectivity index (χ0v) is 20.3. The molecule has 0 amide bonds. The Balaban J connectivity index is 0.000000343. The largest absolute Gasteiger partial charge is 0.496 e. The summed E-state index contributed by atoms with van der Waals surface area (Å²) in [5, 5.41) is 0.623. The lowest BCUT2D eigenvalue weighted by Gasteiger charge is -2.12. The molecule has 0 spiro atoms. The summed E-state index contributed by atoms with van der Waals surface area (Å²) in [6.07, 6.45) is 3.70. The van der Waals surface area contributed by atoms with E-state index in [2.05, 4.69) is 20.4 Å². The highest BCUT2D eigenvalue weighted by atomic mass is 35.5. The van der Waals surface area contributed by atoms with Gasteiger partial charge in [-0.15, -0.1) is 0 Å². The van der Waals surface area contributed by atoms with E-state index in [4.69, 9.17) is 25.8 Å². The maximum Gasteiger partial charge on any atom is 0.170 e. The molecule has 0 heterocycles. The van der Waals surface area contributed by atoms with Crippen molar-refractivity contribution in [2.24, 2.45) is 5.92 Å². The molecule has 31 heavy (non-hydrogen) atoms. The third-order valence-electron chi connectivity index (χ3n) is 4.94. The van der Waals surface area contributed by atoms with Gasteiger partial charge < -0.3 is 14.2 Å². The van der Waals surface area contributed by atoms with Crippen molar-refractivity contribution in [3.05, 3.63) is 64.9 Å². The second kappa shape index (κ2) is 13.8. The van der Waals surface area contributed by atoms with E-state index in [0.29, 0.717) is 45.9 Å². The maximum absolute atomic E-state index is 12.3. The first kappa shape index (κ1) is 26.6. The van der Waals surface area contributed by atoms with Gasteiger partial charge in [-0.3, -0.25) is 4.79 Å². The van der Waals surface area contributed by atoms with Crippen molar-refractivity contribution in [3.63, 3.8) is 0 Å². The standard InChI is InChI=1S/C16H24O3.C10H11ClO/c1-5-12(2)8-6-9-13(17)16-14(18-3)10-7-11-15(16)19-4;1-7(2)12-10-8(3)5-4-6-9(10)11/h7,10-12H,5-6,8-9H2,1-4H3;4-6H,1H2,2-3H3. The number of benzene rings is 2. The minimum atomic E-state index is 0.0950. The van der Waals surface area contributed by atoms with E-state index in [9.17, 15) is 4.79 Å². The van der Waals surface area contributed by atoms with Gasteiger partial charge >= 0.3 is 0 Å². The van der Waals surface area contributed by atoms with Crippen LogP contribution in [0.4, 0.5) is 0 Å². The topological polar surface area (TPSA) is 44.8 Å². The van der Waals surface area contributed by atoms with E-state index in [-0.39, 0.29) is 5.78 Å². The molecule has 0 radical (unpaired) electrons. The van der Waals surface area contributed by atoms with E-state index in [1.54, 1.807) is 39.3 Å². The summed E-state index contributed by atoms with van der Waals surface area (Å²) in [6.45, 7) is 11.8. The fraction of sp³-hybridized carbons (Fsp3) is 0.423. The van der Waals surface area contributed by atoms with Crippen LogP contribution in [-0.2, 0) is 0 Å². The van der Waals surface area contributed by atoms with Crippen LogP contribution in [0.5, 0.6) is 17.2 Å². The first-order valence-electron chi connectivity index (χ1n) is 10.6. The summed E-state index contributed by atoms with van der Waals surface area (Å²) in [4.78, 5) is 12.3. The number of ketones is 1. The van der Waals surface area contributed by atoms with Gasteiger partial charge in [-0.25, -0.2) is 0 Å². The Labute approximate surface area is 192 Å². The van der Waals surface area contributed by atoms with Gasteiger partial charge in [0.05, 0.1) is 25.0 Å². The summed E-state index contributed by atoms with van der Waals surface area (Å²) >= 11 is 5.91. The molecule has 4 nitrogen and oxygen atoms in total. The van der Waals surface area contributed by atoms with Crippen LogP contribution in [0.3, 0.4) is 0 Å². The second-order valence-corrected chi connectivity index (χ2v) is 7.96. The van der Waals surface area contributed by atoms with Crippen LogP contribution in [0, 0.1) is 12.8 Å². The molecule has 170 valence electrons. The number of hydrogen-bond acceptors (Lipinski definition) is 4. The Kier molecular flexibility index (Phi) is 11.8. The molecule has 0 N–H and O–H groups in total. The molecule has 1 atom stereocenters. The van der Waals surface area contributed by atoms with Crippen molar-refractivity contribution < 1.29 is 19.0 Å². The van der Waals surface area contributed by atoms with E-state index < -0.39 is 0 Å². The van der Waals surface area contributed by atoms with Gasteiger partial charge in [0.25, 0.3) is 0 Å². The van der Waals surface area contributed by atoms with Gasteiger partial charge in [-0.2, -0.15) is 0 Å². The summed E-state index contributed by atoms with van der Waals surface area (Å²) in [5.41, 5.74) is 1.59. The Morgan fingerprint density at radius 3 is 2.16 bits per heavy atom. The summed E-state index contributed by atoms with van der Waals surface area (Å²) in [5.74, 6) is 3.30. The number of halogens is 1. The number of methoxy groups -OCH3 is 2. The van der Waals surface area contributed by atoms with Crippen LogP contribution in [0.25, 0.3) is 0 Å². The molecule has 0 fully saturated rings. The maximum atomic E-state index is 12.3. The van der Waals surface area contributed by atoms with Crippen molar-refractivity contribution >= 4 is 17.4 Å². The molecule has 0 bridgehead atoms. The van der Waals surface area contributed by atoms with Crippen LogP contribution in [0.1, 0.15) is 62.4 Å². The third-order valence-corrected chi connectivity index (χ3v) is 5.24. The molecule has 2 aromatic carbocycles. The van der Waals surface area contributed by atoms with Gasteiger partial charge in [-0.05, 0) is 49.9 Å². The molecule has 0 saturated carbocycles. The quantitative estimate of drug-likeness (QED) is 0.277. The number of Topliss-reactive ketones (excluding diaryl/α,β-unsaturated/α-hetero) is 1. The number of carbonyl (C=O) groups is 1. The molecule has 0 aliphatic heterocycles.